The molecule has 4 N–H and O–H groups in total. The highest BCUT2D eigenvalue weighted by Gasteiger charge is 2.03. The van der Waals surface area contributed by atoms with Gasteiger partial charge >= 0.3 is 6.09 Å². The monoisotopic (exact) mass is 220 g/mol. The molecule has 84 valence electrons. The molecule has 0 saturated carbocycles. The van der Waals surface area contributed by atoms with Crippen LogP contribution in [0.15, 0.2) is 24.5 Å². The zero-order chi connectivity index (χ0) is 11.5. The molecule has 2 aromatic rings. The highest BCUT2D eigenvalue weighted by Crippen LogP contribution is 2.15. The van der Waals surface area contributed by atoms with Crippen molar-refractivity contribution in [1.29, 1.82) is 0 Å². The van der Waals surface area contributed by atoms with Crippen LogP contribution in [0, 0.1) is 0 Å². The Kier molecular flexibility index (Phi) is 2.63. The molecule has 0 radical (unpaired) electrons. The summed E-state index contributed by atoms with van der Waals surface area (Å²) >= 11 is 0. The molecule has 16 heavy (non-hydrogen) atoms. The topological polar surface area (TPSA) is 96.2 Å². The van der Waals surface area contributed by atoms with Gasteiger partial charge in [0.05, 0.1) is 23.9 Å². The van der Waals surface area contributed by atoms with Crippen molar-refractivity contribution in [3.63, 3.8) is 0 Å². The van der Waals surface area contributed by atoms with Gasteiger partial charge in [-0.2, -0.15) is 0 Å². The summed E-state index contributed by atoms with van der Waals surface area (Å²) in [4.78, 5) is 14.6. The van der Waals surface area contributed by atoms with Gasteiger partial charge in [-0.3, -0.25) is 0 Å². The normalized spacial score (nSPS) is 10.5. The van der Waals surface area contributed by atoms with Crippen LogP contribution in [0.2, 0.25) is 0 Å². The van der Waals surface area contributed by atoms with Crippen molar-refractivity contribution in [2.45, 2.75) is 6.54 Å². The maximum Gasteiger partial charge on any atom is 0.404 e. The van der Waals surface area contributed by atoms with Crippen molar-refractivity contribution in [1.82, 2.24) is 9.55 Å². The number of amides is 1. The van der Waals surface area contributed by atoms with Crippen molar-refractivity contribution in [3.8, 4) is 0 Å². The Morgan fingerprint density at radius 2 is 2.31 bits per heavy atom. The number of imidazole rings is 1. The molecule has 0 bridgehead atoms. The lowest BCUT2D eigenvalue weighted by Gasteiger charge is -2.04. The zero-order valence-corrected chi connectivity index (χ0v) is 8.59. The van der Waals surface area contributed by atoms with Gasteiger partial charge in [0.25, 0.3) is 0 Å². The van der Waals surface area contributed by atoms with E-state index in [0.717, 1.165) is 11.0 Å². The van der Waals surface area contributed by atoms with E-state index in [-0.39, 0.29) is 6.61 Å². The van der Waals surface area contributed by atoms with Gasteiger partial charge in [-0.25, -0.2) is 9.78 Å². The highest BCUT2D eigenvalue weighted by molar-refractivity contribution is 5.78. The summed E-state index contributed by atoms with van der Waals surface area (Å²) in [5.74, 6) is 0. The lowest BCUT2D eigenvalue weighted by molar-refractivity contribution is 0.153. The van der Waals surface area contributed by atoms with E-state index in [1.165, 1.54) is 0 Å². The number of carbonyl (C=O) groups excluding carboxylic acids is 1. The summed E-state index contributed by atoms with van der Waals surface area (Å²) in [6.45, 7) is 0.745. The zero-order valence-electron chi connectivity index (χ0n) is 8.59. The fraction of sp³-hybridized carbons (Fsp3) is 0.200. The summed E-state index contributed by atoms with van der Waals surface area (Å²) in [7, 11) is 0. The molecule has 6 nitrogen and oxygen atoms in total. The fourth-order valence-electron chi connectivity index (χ4n) is 1.50. The van der Waals surface area contributed by atoms with Crippen LogP contribution in [0.5, 0.6) is 0 Å². The van der Waals surface area contributed by atoms with E-state index in [9.17, 15) is 4.79 Å². The van der Waals surface area contributed by atoms with E-state index >= 15 is 0 Å². The summed E-state index contributed by atoms with van der Waals surface area (Å²) in [6.07, 6.45) is 0.905. The molecule has 1 aromatic heterocycles. The number of hydrogen-bond acceptors (Lipinski definition) is 4. The lowest BCUT2D eigenvalue weighted by atomic mass is 10.3. The second-order valence-corrected chi connectivity index (χ2v) is 3.35. The number of carbonyl (C=O) groups is 1. The van der Waals surface area contributed by atoms with Crippen molar-refractivity contribution in [3.05, 3.63) is 24.5 Å². The van der Waals surface area contributed by atoms with Crippen LogP contribution in [0.3, 0.4) is 0 Å². The van der Waals surface area contributed by atoms with Gasteiger partial charge in [0.1, 0.15) is 6.61 Å². The number of nitrogens with zero attached hydrogens (tertiary/aromatic N) is 2. The van der Waals surface area contributed by atoms with Crippen molar-refractivity contribution in [2.24, 2.45) is 5.73 Å². The predicted molar refractivity (Wildman–Crippen MR) is 59.7 cm³/mol. The third-order valence-corrected chi connectivity index (χ3v) is 2.22. The number of benzene rings is 1. The molecule has 0 aliphatic heterocycles. The molecule has 0 saturated heterocycles. The lowest BCUT2D eigenvalue weighted by Crippen LogP contribution is -2.16. The predicted octanol–water partition coefficient (Wildman–Crippen LogP) is 0.714. The summed E-state index contributed by atoms with van der Waals surface area (Å²) in [5, 5.41) is 0. The van der Waals surface area contributed by atoms with Gasteiger partial charge in [-0.05, 0) is 18.2 Å². The highest BCUT2D eigenvalue weighted by atomic mass is 16.5. The number of aromatic nitrogens is 2. The van der Waals surface area contributed by atoms with Gasteiger partial charge in [-0.15, -0.1) is 0 Å². The number of rotatable bonds is 3. The summed E-state index contributed by atoms with van der Waals surface area (Å²) in [5.41, 5.74) is 12.9. The number of nitrogen functional groups attached to an aromatic ring is 1. The van der Waals surface area contributed by atoms with Crippen LogP contribution in [0.25, 0.3) is 11.0 Å². The molecule has 2 rings (SSSR count). The minimum atomic E-state index is -0.770. The number of nitrogens with two attached hydrogens (primary N) is 2. The molecule has 0 unspecified atom stereocenters. The van der Waals surface area contributed by atoms with Crippen LogP contribution in [0.1, 0.15) is 0 Å². The Labute approximate surface area is 91.8 Å². The number of primary amides is 1. The molecular formula is C10H12N4O2. The molecule has 0 fully saturated rings. The number of hydrogen-bond donors (Lipinski definition) is 2. The van der Waals surface area contributed by atoms with E-state index < -0.39 is 6.09 Å². The van der Waals surface area contributed by atoms with E-state index in [4.69, 9.17) is 11.5 Å². The van der Waals surface area contributed by atoms with E-state index in [2.05, 4.69) is 9.72 Å². The minimum Gasteiger partial charge on any atom is -0.448 e. The summed E-state index contributed by atoms with van der Waals surface area (Å²) in [6, 6.07) is 5.47. The second kappa shape index (κ2) is 4.09. The standard InChI is InChI=1S/C10H12N4O2/c11-7-1-2-9-8(5-7)13-6-14(9)3-4-16-10(12)15/h1-2,5-6H,3-4,11H2,(H2,12,15). The smallest absolute Gasteiger partial charge is 0.404 e. The van der Waals surface area contributed by atoms with Crippen LogP contribution < -0.4 is 11.5 Å². The fourth-order valence-corrected chi connectivity index (χ4v) is 1.50. The van der Waals surface area contributed by atoms with Crippen molar-refractivity contribution < 1.29 is 9.53 Å². The SMILES string of the molecule is NC(=O)OCCn1cnc2cc(N)ccc21. The van der Waals surface area contributed by atoms with E-state index in [0.29, 0.717) is 12.2 Å². The van der Waals surface area contributed by atoms with Crippen LogP contribution in [-0.2, 0) is 11.3 Å². The number of ether oxygens (including phenoxy) is 1. The Balaban J connectivity index is 2.15. The first-order valence-electron chi connectivity index (χ1n) is 4.79. The van der Waals surface area contributed by atoms with E-state index in [1.54, 1.807) is 18.5 Å². The Morgan fingerprint density at radius 1 is 1.50 bits per heavy atom. The maximum absolute atomic E-state index is 10.4. The van der Waals surface area contributed by atoms with Gasteiger partial charge in [0.15, 0.2) is 0 Å². The van der Waals surface area contributed by atoms with Gasteiger partial charge in [-0.1, -0.05) is 0 Å². The maximum atomic E-state index is 10.4. The molecule has 0 aliphatic carbocycles. The quantitative estimate of drug-likeness (QED) is 0.744. The molecule has 6 heteroatoms. The average Bonchev–Trinajstić information content (AvgIpc) is 2.60. The third-order valence-electron chi connectivity index (χ3n) is 2.22. The largest absolute Gasteiger partial charge is 0.448 e. The molecule has 1 heterocycles. The molecule has 1 aromatic carbocycles. The Bertz CT molecular complexity index is 521. The Hall–Kier alpha value is -2.24. The minimum absolute atomic E-state index is 0.227. The first-order chi connectivity index (χ1) is 7.66. The van der Waals surface area contributed by atoms with Gasteiger partial charge in [0, 0.05) is 5.69 Å². The molecular weight excluding hydrogens is 208 g/mol. The van der Waals surface area contributed by atoms with Crippen molar-refractivity contribution >= 4 is 22.8 Å². The van der Waals surface area contributed by atoms with Crippen LogP contribution >= 0.6 is 0 Å². The number of anilines is 1. The molecule has 0 aliphatic rings. The number of fused-ring (bicyclic) bond motifs is 1. The molecule has 0 atom stereocenters. The van der Waals surface area contributed by atoms with Crippen molar-refractivity contribution in [2.75, 3.05) is 12.3 Å². The van der Waals surface area contributed by atoms with Crippen LogP contribution in [0.4, 0.5) is 10.5 Å². The van der Waals surface area contributed by atoms with Gasteiger partial charge in [0.2, 0.25) is 0 Å². The first kappa shape index (κ1) is 10.3. The Morgan fingerprint density at radius 3 is 3.06 bits per heavy atom. The second-order valence-electron chi connectivity index (χ2n) is 3.35. The summed E-state index contributed by atoms with van der Waals surface area (Å²) < 4.78 is 6.53. The van der Waals surface area contributed by atoms with Gasteiger partial charge < -0.3 is 20.8 Å². The van der Waals surface area contributed by atoms with E-state index in [1.807, 2.05) is 10.6 Å². The third kappa shape index (κ3) is 2.05. The first-order valence-corrected chi connectivity index (χ1v) is 4.79. The molecule has 1 amide bonds. The van der Waals surface area contributed by atoms with Crippen LogP contribution in [-0.4, -0.2) is 22.3 Å². The molecule has 0 spiro atoms. The average molecular weight is 220 g/mol.